The Bertz CT molecular complexity index is 1970. The molecule has 0 aliphatic carbocycles. The lowest BCUT2D eigenvalue weighted by molar-refractivity contribution is 0.655. The lowest BCUT2D eigenvalue weighted by Crippen LogP contribution is -2.08. The van der Waals surface area contributed by atoms with Crippen molar-refractivity contribution in [3.05, 3.63) is 84.2 Å². The third-order valence-electron chi connectivity index (χ3n) is 7.12. The molecule has 0 spiro atoms. The van der Waals surface area contributed by atoms with E-state index in [0.717, 1.165) is 27.8 Å². The van der Waals surface area contributed by atoms with Gasteiger partial charge in [-0.25, -0.2) is 19.9 Å². The molecular formula is C31H26N6O. The Balaban J connectivity index is 1.60. The quantitative estimate of drug-likeness (QED) is 0.249. The van der Waals surface area contributed by atoms with E-state index in [1.807, 2.05) is 18.2 Å². The molecule has 7 rings (SSSR count). The molecule has 0 radical (unpaired) electrons. The highest BCUT2D eigenvalue weighted by Gasteiger charge is 2.24. The topological polar surface area (TPSA) is 82.5 Å². The van der Waals surface area contributed by atoms with Crippen molar-refractivity contribution in [2.45, 2.75) is 39.5 Å². The molecule has 4 heterocycles. The summed E-state index contributed by atoms with van der Waals surface area (Å²) in [7, 11) is 0. The van der Waals surface area contributed by atoms with Crippen LogP contribution in [0.5, 0.6) is 0 Å². The zero-order valence-electron chi connectivity index (χ0n) is 21.7. The third-order valence-corrected chi connectivity index (χ3v) is 7.12. The average molecular weight is 499 g/mol. The molecule has 0 atom stereocenters. The van der Waals surface area contributed by atoms with E-state index < -0.39 is 0 Å². The summed E-state index contributed by atoms with van der Waals surface area (Å²) in [6.07, 6.45) is 3.23. The minimum Gasteiger partial charge on any atom is -0.435 e. The third kappa shape index (κ3) is 3.31. The van der Waals surface area contributed by atoms with Crippen molar-refractivity contribution in [3.63, 3.8) is 0 Å². The number of furan rings is 1. The molecule has 0 saturated heterocycles. The van der Waals surface area contributed by atoms with E-state index in [-0.39, 0.29) is 0 Å². The monoisotopic (exact) mass is 498 g/mol. The maximum atomic E-state index is 6.39. The van der Waals surface area contributed by atoms with Crippen LogP contribution in [0, 0.1) is 0 Å². The first-order chi connectivity index (χ1) is 18.5. The molecular weight excluding hydrogens is 472 g/mol. The summed E-state index contributed by atoms with van der Waals surface area (Å²) in [6.45, 7) is 8.97. The fraction of sp³-hybridized carbons (Fsp3) is 0.194. The number of fused-ring (bicyclic) bond motifs is 5. The first-order valence-corrected chi connectivity index (χ1v) is 12.9. The number of para-hydroxylation sites is 4. The Labute approximate surface area is 219 Å². The molecule has 4 aromatic heterocycles. The molecule has 3 aromatic carbocycles. The second-order valence-electron chi connectivity index (χ2n) is 10.2. The zero-order valence-corrected chi connectivity index (χ0v) is 21.7. The van der Waals surface area contributed by atoms with Crippen LogP contribution in [0.1, 0.15) is 50.7 Å². The lowest BCUT2D eigenvalue weighted by Gasteiger charge is -2.22. The van der Waals surface area contributed by atoms with Crippen LogP contribution in [-0.2, 0) is 0 Å². The molecule has 7 nitrogen and oxygen atoms in total. The van der Waals surface area contributed by atoms with Gasteiger partial charge in [-0.1, -0.05) is 64.1 Å². The molecule has 0 aliphatic heterocycles. The lowest BCUT2D eigenvalue weighted by atomic mass is 9.92. The molecule has 0 unspecified atom stereocenters. The molecule has 0 bridgehead atoms. The minimum absolute atomic E-state index is 0.334. The first-order valence-electron chi connectivity index (χ1n) is 12.9. The number of benzene rings is 3. The fourth-order valence-corrected chi connectivity index (χ4v) is 5.34. The summed E-state index contributed by atoms with van der Waals surface area (Å²) < 4.78 is 8.70. The van der Waals surface area contributed by atoms with Gasteiger partial charge in [-0.3, -0.25) is 4.57 Å². The van der Waals surface area contributed by atoms with Gasteiger partial charge in [-0.2, -0.15) is 4.98 Å². The van der Waals surface area contributed by atoms with Crippen LogP contribution in [0.4, 0.5) is 0 Å². The van der Waals surface area contributed by atoms with Crippen LogP contribution in [0.2, 0.25) is 0 Å². The summed E-state index contributed by atoms with van der Waals surface area (Å²) in [5.41, 5.74) is 9.38. The molecule has 38 heavy (non-hydrogen) atoms. The highest BCUT2D eigenvalue weighted by molar-refractivity contribution is 6.08. The number of nitrogens with zero attached hydrogens (tertiary/aromatic N) is 6. The van der Waals surface area contributed by atoms with Crippen LogP contribution in [-0.4, -0.2) is 29.5 Å². The second-order valence-corrected chi connectivity index (χ2v) is 10.2. The summed E-state index contributed by atoms with van der Waals surface area (Å²) in [5, 5.41) is 0.873. The number of hydrogen-bond donors (Lipinski definition) is 0. The number of imidazole rings is 1. The standard InChI is InChI=1S/C31H26N6O/c1-17(2)19-9-7-10-20(18(3)4)26(19)37-24-14-6-5-13-23(24)34-30(37)22-12-8-11-21-25-31(38-27(21)22)36-29-28(35-25)32-15-16-33-29/h5-18H,1-4H3. The summed E-state index contributed by atoms with van der Waals surface area (Å²) in [4.78, 5) is 23.2. The molecule has 0 fully saturated rings. The number of rotatable bonds is 4. The van der Waals surface area contributed by atoms with E-state index in [1.54, 1.807) is 12.4 Å². The largest absolute Gasteiger partial charge is 0.435 e. The highest BCUT2D eigenvalue weighted by Crippen LogP contribution is 2.40. The fourth-order valence-electron chi connectivity index (χ4n) is 5.34. The van der Waals surface area contributed by atoms with Gasteiger partial charge >= 0.3 is 0 Å². The van der Waals surface area contributed by atoms with Gasteiger partial charge in [0.25, 0.3) is 0 Å². The minimum atomic E-state index is 0.334. The summed E-state index contributed by atoms with van der Waals surface area (Å²) in [6, 6.07) is 21.0. The summed E-state index contributed by atoms with van der Waals surface area (Å²) >= 11 is 0. The van der Waals surface area contributed by atoms with Gasteiger partial charge in [0.2, 0.25) is 11.4 Å². The zero-order chi connectivity index (χ0) is 26.0. The molecule has 186 valence electrons. The van der Waals surface area contributed by atoms with Crippen molar-refractivity contribution in [1.82, 2.24) is 29.5 Å². The van der Waals surface area contributed by atoms with Gasteiger partial charge in [0.05, 0.1) is 22.3 Å². The van der Waals surface area contributed by atoms with E-state index in [2.05, 4.69) is 89.7 Å². The second kappa shape index (κ2) is 8.45. The maximum absolute atomic E-state index is 6.39. The normalized spacial score (nSPS) is 12.2. The molecule has 0 saturated carbocycles. The number of hydrogen-bond acceptors (Lipinski definition) is 6. The Morgan fingerprint density at radius 1 is 0.711 bits per heavy atom. The predicted octanol–water partition coefficient (Wildman–Crippen LogP) is 7.57. The van der Waals surface area contributed by atoms with Crippen molar-refractivity contribution in [3.8, 4) is 17.1 Å². The molecule has 0 aliphatic rings. The molecule has 7 aromatic rings. The van der Waals surface area contributed by atoms with Crippen molar-refractivity contribution >= 4 is 44.5 Å². The van der Waals surface area contributed by atoms with Gasteiger partial charge in [0.15, 0.2) is 5.65 Å². The van der Waals surface area contributed by atoms with E-state index >= 15 is 0 Å². The highest BCUT2D eigenvalue weighted by atomic mass is 16.3. The number of aromatic nitrogens is 6. The SMILES string of the molecule is CC(C)c1cccc(C(C)C)c1-n1c(-c2cccc3c2oc2nc4nccnc4nc23)nc2ccccc21. The van der Waals surface area contributed by atoms with E-state index in [0.29, 0.717) is 39.9 Å². The van der Waals surface area contributed by atoms with Gasteiger partial charge in [0, 0.05) is 17.8 Å². The first kappa shape index (κ1) is 22.5. The van der Waals surface area contributed by atoms with Crippen molar-refractivity contribution in [1.29, 1.82) is 0 Å². The van der Waals surface area contributed by atoms with Gasteiger partial charge in [-0.05, 0) is 47.2 Å². The van der Waals surface area contributed by atoms with Crippen molar-refractivity contribution in [2.75, 3.05) is 0 Å². The van der Waals surface area contributed by atoms with Crippen LogP contribution in [0.25, 0.3) is 61.6 Å². The Hall–Kier alpha value is -4.65. The Morgan fingerprint density at radius 2 is 1.39 bits per heavy atom. The molecule has 0 N–H and O–H groups in total. The van der Waals surface area contributed by atoms with Gasteiger partial charge in [0.1, 0.15) is 16.9 Å². The van der Waals surface area contributed by atoms with Crippen LogP contribution in [0.15, 0.2) is 77.5 Å². The van der Waals surface area contributed by atoms with Crippen molar-refractivity contribution in [2.24, 2.45) is 0 Å². The van der Waals surface area contributed by atoms with Crippen LogP contribution >= 0.6 is 0 Å². The molecule has 0 amide bonds. The van der Waals surface area contributed by atoms with Crippen LogP contribution in [0.3, 0.4) is 0 Å². The Kier molecular flexibility index (Phi) is 5.01. The van der Waals surface area contributed by atoms with Crippen molar-refractivity contribution < 1.29 is 4.42 Å². The van der Waals surface area contributed by atoms with Gasteiger partial charge < -0.3 is 4.42 Å². The molecule has 7 heteroatoms. The Morgan fingerprint density at radius 3 is 2.13 bits per heavy atom. The maximum Gasteiger partial charge on any atom is 0.248 e. The average Bonchev–Trinajstić information content (AvgIpc) is 3.49. The smallest absolute Gasteiger partial charge is 0.248 e. The van der Waals surface area contributed by atoms with Crippen LogP contribution < -0.4 is 0 Å². The van der Waals surface area contributed by atoms with E-state index in [9.17, 15) is 0 Å². The predicted molar refractivity (Wildman–Crippen MR) is 151 cm³/mol. The van der Waals surface area contributed by atoms with Gasteiger partial charge in [-0.15, -0.1) is 0 Å². The summed E-state index contributed by atoms with van der Waals surface area (Å²) in [5.74, 6) is 1.49. The van der Waals surface area contributed by atoms with E-state index in [4.69, 9.17) is 14.4 Å². The van der Waals surface area contributed by atoms with E-state index in [1.165, 1.54) is 16.8 Å².